The number of hydrogen-bond donors (Lipinski definition) is 0. The summed E-state index contributed by atoms with van der Waals surface area (Å²) >= 11 is 10.9. The van der Waals surface area contributed by atoms with E-state index in [1.165, 1.54) is 12.5 Å². The maximum Gasteiger partial charge on any atom is 0.125 e. The Hall–Kier alpha value is 0.797. The van der Waals surface area contributed by atoms with Gasteiger partial charge in [-0.15, -0.1) is 11.6 Å². The van der Waals surface area contributed by atoms with E-state index in [4.69, 9.17) is 22.7 Å². The van der Waals surface area contributed by atoms with E-state index in [1.54, 1.807) is 0 Å². The van der Waals surface area contributed by atoms with E-state index in [1.807, 2.05) is 0 Å². The van der Waals surface area contributed by atoms with Gasteiger partial charge in [-0.25, -0.2) is 0 Å². The predicted molar refractivity (Wildman–Crippen MR) is 39.2 cm³/mol. The van der Waals surface area contributed by atoms with E-state index in [2.05, 4.69) is 0 Å². The summed E-state index contributed by atoms with van der Waals surface area (Å²) in [6.07, 6.45) is 2.38. The standard InChI is InChI=1S/C4H10Cl2Si/c5-3-1-2-4-7-6/h1-4,7H2. The highest BCUT2D eigenvalue weighted by Gasteiger charge is 1.83. The summed E-state index contributed by atoms with van der Waals surface area (Å²) < 4.78 is 0. The van der Waals surface area contributed by atoms with Gasteiger partial charge in [0.2, 0.25) is 0 Å². The highest BCUT2D eigenvalue weighted by atomic mass is 35.6. The van der Waals surface area contributed by atoms with Gasteiger partial charge in [0.15, 0.2) is 0 Å². The van der Waals surface area contributed by atoms with Crippen LogP contribution in [0.15, 0.2) is 0 Å². The summed E-state index contributed by atoms with van der Waals surface area (Å²) in [5.74, 6) is 0.797. The third-order valence-electron chi connectivity index (χ3n) is 0.767. The van der Waals surface area contributed by atoms with Crippen LogP contribution in [-0.4, -0.2) is 14.7 Å². The molecule has 0 atom stereocenters. The van der Waals surface area contributed by atoms with Crippen LogP contribution in [0.2, 0.25) is 6.04 Å². The fraction of sp³-hybridized carbons (Fsp3) is 1.00. The molecule has 0 aromatic heterocycles. The minimum Gasteiger partial charge on any atom is -0.176 e. The van der Waals surface area contributed by atoms with Gasteiger partial charge in [-0.1, -0.05) is 6.42 Å². The van der Waals surface area contributed by atoms with Crippen molar-refractivity contribution < 1.29 is 0 Å². The highest BCUT2D eigenvalue weighted by Crippen LogP contribution is 1.97. The van der Waals surface area contributed by atoms with Crippen LogP contribution in [0.4, 0.5) is 0 Å². The maximum atomic E-state index is 5.53. The first-order valence-electron chi connectivity index (χ1n) is 2.53. The van der Waals surface area contributed by atoms with E-state index in [0.29, 0.717) is 0 Å². The number of alkyl halides is 1. The zero-order valence-corrected chi connectivity index (χ0v) is 7.22. The average molecular weight is 157 g/mol. The summed E-state index contributed by atoms with van der Waals surface area (Å²) in [4.78, 5) is 0. The molecule has 44 valence electrons. The van der Waals surface area contributed by atoms with Gasteiger partial charge in [-0.3, -0.25) is 0 Å². The van der Waals surface area contributed by atoms with Gasteiger partial charge in [0.1, 0.15) is 8.83 Å². The van der Waals surface area contributed by atoms with Crippen LogP contribution >= 0.6 is 22.7 Å². The molecular weight excluding hydrogens is 147 g/mol. The van der Waals surface area contributed by atoms with Crippen molar-refractivity contribution in [2.75, 3.05) is 5.88 Å². The molecular formula is C4H10Cl2Si. The number of rotatable bonds is 4. The van der Waals surface area contributed by atoms with E-state index in [9.17, 15) is 0 Å². The Morgan fingerprint density at radius 2 is 2.00 bits per heavy atom. The summed E-state index contributed by atoms with van der Waals surface area (Å²) in [5, 5.41) is 0. The van der Waals surface area contributed by atoms with Crippen molar-refractivity contribution in [3.8, 4) is 0 Å². The predicted octanol–water partition coefficient (Wildman–Crippen LogP) is 1.75. The number of halogens is 2. The second-order valence-corrected chi connectivity index (χ2v) is 4.04. The van der Waals surface area contributed by atoms with Crippen molar-refractivity contribution in [2.24, 2.45) is 0 Å². The molecule has 7 heavy (non-hydrogen) atoms. The molecule has 0 aliphatic carbocycles. The van der Waals surface area contributed by atoms with Gasteiger partial charge in [0, 0.05) is 5.88 Å². The molecule has 0 aliphatic heterocycles. The van der Waals surface area contributed by atoms with Gasteiger partial charge in [-0.05, 0) is 12.5 Å². The molecule has 3 heteroatoms. The molecule has 0 heterocycles. The SMILES string of the molecule is ClCCCC[SiH2]Cl. The van der Waals surface area contributed by atoms with Crippen LogP contribution in [0, 0.1) is 0 Å². The second-order valence-electron chi connectivity index (χ2n) is 1.44. The van der Waals surface area contributed by atoms with Gasteiger partial charge in [0.05, 0.1) is 0 Å². The maximum absolute atomic E-state index is 5.53. The molecule has 0 aliphatic rings. The zero-order chi connectivity index (χ0) is 5.54. The van der Waals surface area contributed by atoms with Crippen molar-refractivity contribution in [2.45, 2.75) is 18.9 Å². The summed E-state index contributed by atoms with van der Waals surface area (Å²) in [7, 11) is -0.193. The Morgan fingerprint density at radius 3 is 2.43 bits per heavy atom. The summed E-state index contributed by atoms with van der Waals surface area (Å²) in [6.45, 7) is 0. The first-order valence-corrected chi connectivity index (χ1v) is 6.21. The quantitative estimate of drug-likeness (QED) is 0.252. The van der Waals surface area contributed by atoms with Crippen molar-refractivity contribution in [1.82, 2.24) is 0 Å². The molecule has 0 aromatic carbocycles. The Bertz CT molecular complexity index is 28.9. The highest BCUT2D eigenvalue weighted by molar-refractivity contribution is 6.93. The first kappa shape index (κ1) is 7.80. The Kier molecular flexibility index (Phi) is 7.57. The van der Waals surface area contributed by atoms with Gasteiger partial charge < -0.3 is 0 Å². The molecule has 0 saturated heterocycles. The van der Waals surface area contributed by atoms with Gasteiger partial charge in [-0.2, -0.15) is 11.1 Å². The number of unbranched alkanes of at least 4 members (excludes halogenated alkanes) is 1. The molecule has 0 saturated carbocycles. The van der Waals surface area contributed by atoms with Crippen molar-refractivity contribution in [1.29, 1.82) is 0 Å². The van der Waals surface area contributed by atoms with E-state index in [0.717, 1.165) is 12.3 Å². The lowest BCUT2D eigenvalue weighted by atomic mass is 10.4. The lowest BCUT2D eigenvalue weighted by Crippen LogP contribution is -1.78. The van der Waals surface area contributed by atoms with Crippen molar-refractivity contribution >= 4 is 31.5 Å². The smallest absolute Gasteiger partial charge is 0.125 e. The van der Waals surface area contributed by atoms with Crippen LogP contribution < -0.4 is 0 Å². The second kappa shape index (κ2) is 6.80. The molecule has 0 rings (SSSR count). The molecule has 0 spiro atoms. The van der Waals surface area contributed by atoms with Gasteiger partial charge >= 0.3 is 0 Å². The van der Waals surface area contributed by atoms with E-state index in [-0.39, 0.29) is 8.83 Å². The first-order chi connectivity index (χ1) is 3.41. The van der Waals surface area contributed by atoms with Crippen LogP contribution in [0.5, 0.6) is 0 Å². The molecule has 0 bridgehead atoms. The lowest BCUT2D eigenvalue weighted by Gasteiger charge is -1.87. The molecule has 0 nitrogen and oxygen atoms in total. The zero-order valence-electron chi connectivity index (χ0n) is 4.29. The third kappa shape index (κ3) is 6.80. The van der Waals surface area contributed by atoms with Gasteiger partial charge in [0.25, 0.3) is 0 Å². The normalized spacial score (nSPS) is 11.1. The van der Waals surface area contributed by atoms with Crippen molar-refractivity contribution in [3.05, 3.63) is 0 Å². The summed E-state index contributed by atoms with van der Waals surface area (Å²) in [6, 6.07) is 1.24. The third-order valence-corrected chi connectivity index (χ3v) is 2.60. The molecule has 0 amide bonds. The van der Waals surface area contributed by atoms with E-state index >= 15 is 0 Å². The fourth-order valence-electron chi connectivity index (χ4n) is 0.366. The fourth-order valence-corrected chi connectivity index (χ4v) is 1.66. The minimum atomic E-state index is -0.193. The molecule has 0 N–H and O–H groups in total. The summed E-state index contributed by atoms with van der Waals surface area (Å²) in [5.41, 5.74) is 0. The largest absolute Gasteiger partial charge is 0.176 e. The Labute approximate surface area is 56.7 Å². The average Bonchev–Trinajstić information content (AvgIpc) is 1.69. The Morgan fingerprint density at radius 1 is 1.29 bits per heavy atom. The van der Waals surface area contributed by atoms with Crippen LogP contribution in [0.25, 0.3) is 0 Å². The number of hydrogen-bond acceptors (Lipinski definition) is 0. The van der Waals surface area contributed by atoms with E-state index < -0.39 is 0 Å². The molecule has 0 aromatic rings. The Balaban J connectivity index is 2.45. The monoisotopic (exact) mass is 156 g/mol. The van der Waals surface area contributed by atoms with Crippen LogP contribution in [0.1, 0.15) is 12.8 Å². The topological polar surface area (TPSA) is 0 Å². The lowest BCUT2D eigenvalue weighted by molar-refractivity contribution is 0.889. The molecule has 0 unspecified atom stereocenters. The van der Waals surface area contributed by atoms with Crippen molar-refractivity contribution in [3.63, 3.8) is 0 Å². The molecule has 0 radical (unpaired) electrons. The van der Waals surface area contributed by atoms with Crippen LogP contribution in [0.3, 0.4) is 0 Å². The minimum absolute atomic E-state index is 0.193. The molecule has 0 fully saturated rings. The van der Waals surface area contributed by atoms with Crippen LogP contribution in [-0.2, 0) is 0 Å².